The van der Waals surface area contributed by atoms with Crippen molar-refractivity contribution in [3.8, 4) is 39.8 Å². The molecule has 64 heavy (non-hydrogen) atoms. The molecule has 0 saturated heterocycles. The van der Waals surface area contributed by atoms with Crippen LogP contribution in [0.2, 0.25) is 0 Å². The second-order valence-electron chi connectivity index (χ2n) is 19.7. The Morgan fingerprint density at radius 2 is 1.34 bits per heavy atom. The molecule has 9 rings (SSSR count). The van der Waals surface area contributed by atoms with Gasteiger partial charge in [-0.1, -0.05) is 160 Å². The van der Waals surface area contributed by atoms with Crippen molar-refractivity contribution < 1.29 is 30.4 Å². The van der Waals surface area contributed by atoms with Crippen LogP contribution >= 0.6 is 0 Å². The average Bonchev–Trinajstić information content (AvgIpc) is 3.87. The van der Waals surface area contributed by atoms with Crippen LogP contribution in [0.25, 0.3) is 50.1 Å². The molecule has 0 amide bonds. The van der Waals surface area contributed by atoms with Gasteiger partial charge in [0.25, 0.3) is 6.33 Å². The summed E-state index contributed by atoms with van der Waals surface area (Å²) in [5.74, 6) is 2.33. The number of para-hydroxylation sites is 1. The molecule has 0 spiro atoms. The molecule has 6 aromatic carbocycles. The largest absolute Gasteiger partial charge is 0.510 e. The van der Waals surface area contributed by atoms with Crippen LogP contribution in [0.5, 0.6) is 11.5 Å². The quantitative estimate of drug-likeness (QED) is 0.107. The summed E-state index contributed by atoms with van der Waals surface area (Å²) in [4.78, 5) is 4.97. The van der Waals surface area contributed by atoms with Gasteiger partial charge < -0.3 is 13.9 Å². The molecule has 0 radical (unpaired) electrons. The predicted octanol–water partition coefficient (Wildman–Crippen LogP) is 14.1. The van der Waals surface area contributed by atoms with Gasteiger partial charge in [0.05, 0.1) is 11.4 Å². The number of benzene rings is 6. The van der Waals surface area contributed by atoms with Crippen LogP contribution in [0.1, 0.15) is 103 Å². The first kappa shape index (κ1) is 44.6. The fourth-order valence-corrected chi connectivity index (χ4v) is 8.70. The number of fused-ring (bicyclic) bond motifs is 3. The van der Waals surface area contributed by atoms with E-state index in [1.54, 1.807) is 0 Å². The predicted molar refractivity (Wildman–Crippen MR) is 258 cm³/mol. The van der Waals surface area contributed by atoms with E-state index in [4.69, 9.17) is 9.72 Å². The maximum atomic E-state index is 6.90. The third-order valence-electron chi connectivity index (χ3n) is 12.4. The molecule has 5 nitrogen and oxygen atoms in total. The van der Waals surface area contributed by atoms with Crippen molar-refractivity contribution in [2.45, 2.75) is 91.4 Å². The standard InChI is InChI=1S/C58H56N4O.Pt/c1-39(2)48-23-14-15-24-49(48)40-31-45(60-37-54(57(6,7)8)61(38-60)44-22-18-21-42(33-44)56(3,4)5)35-47(32-40)63-46-27-28-51-50-25-16-17-26-52(50)62(53(51)36-46)55-34-43(29-30-59-55)58(9,10)41-19-12-11-13-20-41;/h11-34,37,39H,1-10H3;/q-2;. The van der Waals surface area contributed by atoms with E-state index < -0.39 is 0 Å². The minimum Gasteiger partial charge on any atom is -0.510 e. The minimum atomic E-state index is -0.233. The summed E-state index contributed by atoms with van der Waals surface area (Å²) in [7, 11) is 0. The van der Waals surface area contributed by atoms with Crippen molar-refractivity contribution >= 4 is 21.8 Å². The second kappa shape index (κ2) is 17.2. The van der Waals surface area contributed by atoms with Crippen LogP contribution in [0.15, 0.2) is 152 Å². The van der Waals surface area contributed by atoms with Crippen molar-refractivity contribution in [3.05, 3.63) is 198 Å². The van der Waals surface area contributed by atoms with Crippen molar-refractivity contribution in [3.63, 3.8) is 0 Å². The molecule has 0 fully saturated rings. The Morgan fingerprint density at radius 1 is 0.625 bits per heavy atom. The molecule has 0 aliphatic heterocycles. The Bertz CT molecular complexity index is 3120. The fourth-order valence-electron chi connectivity index (χ4n) is 8.70. The topological polar surface area (TPSA) is 35.9 Å². The summed E-state index contributed by atoms with van der Waals surface area (Å²) in [5, 5.41) is 2.21. The Kier molecular flexibility index (Phi) is 12.0. The summed E-state index contributed by atoms with van der Waals surface area (Å²) in [5.41, 5.74) is 11.8. The monoisotopic (exact) mass is 1020 g/mol. The molecule has 3 aromatic heterocycles. The zero-order valence-electron chi connectivity index (χ0n) is 38.5. The molecule has 0 aliphatic rings. The number of ether oxygens (including phenoxy) is 1. The Labute approximate surface area is 393 Å². The van der Waals surface area contributed by atoms with E-state index >= 15 is 0 Å². The van der Waals surface area contributed by atoms with Crippen LogP contribution < -0.4 is 9.30 Å². The van der Waals surface area contributed by atoms with E-state index in [-0.39, 0.29) is 37.3 Å². The van der Waals surface area contributed by atoms with Crippen LogP contribution in [0.3, 0.4) is 0 Å². The first-order chi connectivity index (χ1) is 30.1. The van der Waals surface area contributed by atoms with Crippen molar-refractivity contribution in [1.29, 1.82) is 0 Å². The molecule has 0 atom stereocenters. The van der Waals surface area contributed by atoms with E-state index in [2.05, 4.69) is 241 Å². The van der Waals surface area contributed by atoms with Gasteiger partial charge in [-0.2, -0.15) is 12.1 Å². The minimum absolute atomic E-state index is 0. The van der Waals surface area contributed by atoms with Gasteiger partial charge in [0, 0.05) is 55.9 Å². The molecule has 0 saturated carbocycles. The molecule has 326 valence electrons. The second-order valence-corrected chi connectivity index (χ2v) is 19.7. The fraction of sp³-hybridized carbons (Fsp3) is 0.241. The van der Waals surface area contributed by atoms with Gasteiger partial charge in [0.2, 0.25) is 0 Å². The summed E-state index contributed by atoms with van der Waals surface area (Å²) in [6, 6.07) is 56.8. The van der Waals surface area contributed by atoms with Gasteiger partial charge in [-0.05, 0) is 86.0 Å². The normalized spacial score (nSPS) is 12.2. The molecule has 9 aromatic rings. The number of hydrogen-bond acceptors (Lipinski definition) is 2. The molecule has 0 N–H and O–H groups in total. The first-order valence-corrected chi connectivity index (χ1v) is 22.1. The van der Waals surface area contributed by atoms with Crippen LogP contribution in [-0.2, 0) is 37.3 Å². The van der Waals surface area contributed by atoms with E-state index in [0.717, 1.165) is 55.8 Å². The maximum Gasteiger partial charge on any atom is 0.267 e. The number of nitrogens with zero attached hydrogens (tertiary/aromatic N) is 4. The van der Waals surface area contributed by atoms with Crippen molar-refractivity contribution in [2.75, 3.05) is 0 Å². The number of imidazole rings is 1. The van der Waals surface area contributed by atoms with Gasteiger partial charge in [-0.25, -0.2) is 4.98 Å². The summed E-state index contributed by atoms with van der Waals surface area (Å²) in [6.07, 6.45) is 7.83. The zero-order valence-corrected chi connectivity index (χ0v) is 40.8. The van der Waals surface area contributed by atoms with Gasteiger partial charge >= 0.3 is 0 Å². The third kappa shape index (κ3) is 8.51. The van der Waals surface area contributed by atoms with Crippen LogP contribution in [-0.4, -0.2) is 14.1 Å². The first-order valence-electron chi connectivity index (χ1n) is 22.1. The van der Waals surface area contributed by atoms with Gasteiger partial charge in [0.15, 0.2) is 0 Å². The van der Waals surface area contributed by atoms with Gasteiger partial charge in [0.1, 0.15) is 5.82 Å². The van der Waals surface area contributed by atoms with Gasteiger partial charge in [-0.3, -0.25) is 4.57 Å². The molecule has 6 heteroatoms. The average molecular weight is 1020 g/mol. The van der Waals surface area contributed by atoms with Crippen molar-refractivity contribution in [1.82, 2.24) is 14.1 Å². The molecular formula is C58H56N4OPt-2. The summed E-state index contributed by atoms with van der Waals surface area (Å²) in [6.45, 7) is 22.5. The molecular weight excluding hydrogens is 964 g/mol. The third-order valence-corrected chi connectivity index (χ3v) is 12.4. The zero-order chi connectivity index (χ0) is 44.3. The van der Waals surface area contributed by atoms with E-state index in [1.807, 2.05) is 12.3 Å². The molecule has 3 heterocycles. The van der Waals surface area contributed by atoms with Crippen LogP contribution in [0, 0.1) is 18.5 Å². The van der Waals surface area contributed by atoms with E-state index in [0.29, 0.717) is 17.4 Å². The number of rotatable bonds is 9. The molecule has 0 unspecified atom stereocenters. The summed E-state index contributed by atoms with van der Waals surface area (Å²) < 4.78 is 13.4. The van der Waals surface area contributed by atoms with E-state index in [9.17, 15) is 0 Å². The Balaban J connectivity index is 0.00000560. The van der Waals surface area contributed by atoms with Gasteiger partial charge in [-0.15, -0.1) is 35.2 Å². The Morgan fingerprint density at radius 3 is 2.09 bits per heavy atom. The SMILES string of the molecule is CC(C)c1ccccc1-c1cc(Oc2[c-]c3c(cc2)c2ccccc2n3-c2cc(C(C)(C)c3ccccc3)ccn2)[c-]c(-n2[c-][n+](-c3cccc(C(C)(C)C)c3)c(C(C)(C)C)c2)c1.[Pt]. The van der Waals surface area contributed by atoms with E-state index in [1.165, 1.54) is 22.3 Å². The maximum absolute atomic E-state index is 6.90. The van der Waals surface area contributed by atoms with Crippen LogP contribution in [0.4, 0.5) is 0 Å². The summed E-state index contributed by atoms with van der Waals surface area (Å²) >= 11 is 0. The smallest absolute Gasteiger partial charge is 0.267 e. The number of hydrogen-bond donors (Lipinski definition) is 0. The molecule has 0 aliphatic carbocycles. The molecule has 0 bridgehead atoms. The Hall–Kier alpha value is -6.03. The number of pyridine rings is 1. The van der Waals surface area contributed by atoms with Crippen molar-refractivity contribution in [2.24, 2.45) is 0 Å². The number of aromatic nitrogens is 4.